The maximum Gasteiger partial charge on any atom is 0.410 e. The molecule has 3 amide bonds. The summed E-state index contributed by atoms with van der Waals surface area (Å²) in [7, 11) is 0. The molecule has 0 aromatic rings. The molecule has 24 heavy (non-hydrogen) atoms. The highest BCUT2D eigenvalue weighted by molar-refractivity contribution is 6.15. The van der Waals surface area contributed by atoms with Gasteiger partial charge in [-0.15, -0.1) is 0 Å². The Morgan fingerprint density at radius 1 is 1.50 bits per heavy atom. The zero-order chi connectivity index (χ0) is 18.1. The molecule has 0 aromatic heterocycles. The topological polar surface area (TPSA) is 100 Å². The predicted octanol–water partition coefficient (Wildman–Crippen LogP) is 1.75. The Labute approximate surface area is 142 Å². The molecule has 2 rings (SSSR count). The molecule has 1 atom stereocenters. The summed E-state index contributed by atoms with van der Waals surface area (Å²) in [5.74, 6) is 0.436. The molecule has 0 bridgehead atoms. The van der Waals surface area contributed by atoms with Gasteiger partial charge in [-0.05, 0) is 34.1 Å². The van der Waals surface area contributed by atoms with E-state index in [-0.39, 0.29) is 18.2 Å². The van der Waals surface area contributed by atoms with Gasteiger partial charge in [0.2, 0.25) is 0 Å². The van der Waals surface area contributed by atoms with Crippen molar-refractivity contribution in [3.63, 3.8) is 0 Å². The number of hydrogen-bond acceptors (Lipinski definition) is 5. The maximum absolute atomic E-state index is 12.3. The fraction of sp³-hybridized carbons (Fsp3) is 0.562. The Morgan fingerprint density at radius 2 is 2.17 bits per heavy atom. The quantitative estimate of drug-likeness (QED) is 0.803. The molecule has 0 unspecified atom stereocenters. The molecule has 2 fully saturated rings. The maximum atomic E-state index is 12.3. The number of nitrogens with two attached hydrogens (primary N) is 1. The fourth-order valence-corrected chi connectivity index (χ4v) is 2.71. The number of nitrogens with zero attached hydrogens (tertiary/aromatic N) is 3. The minimum absolute atomic E-state index is 0.187. The van der Waals surface area contributed by atoms with Crippen molar-refractivity contribution in [1.82, 2.24) is 15.1 Å². The molecule has 8 heteroatoms. The first-order valence-electron chi connectivity index (χ1n) is 7.87. The van der Waals surface area contributed by atoms with Gasteiger partial charge in [-0.3, -0.25) is 4.90 Å². The molecule has 132 valence electrons. The zero-order valence-electron chi connectivity index (χ0n) is 14.6. The summed E-state index contributed by atoms with van der Waals surface area (Å²) in [4.78, 5) is 31.9. The van der Waals surface area contributed by atoms with Crippen LogP contribution in [-0.2, 0) is 4.74 Å². The monoisotopic (exact) mass is 335 g/mol. The van der Waals surface area contributed by atoms with Crippen LogP contribution in [-0.4, -0.2) is 52.5 Å². The number of rotatable bonds is 2. The van der Waals surface area contributed by atoms with Gasteiger partial charge in [0.05, 0.1) is 6.04 Å². The number of aliphatic imine (C=N–C) groups is 1. The smallest absolute Gasteiger partial charge is 0.410 e. The molecule has 0 aliphatic carbocycles. The number of amidine groups is 1. The molecular weight excluding hydrogens is 310 g/mol. The van der Waals surface area contributed by atoms with Crippen LogP contribution in [0.5, 0.6) is 0 Å². The number of nitrogens with one attached hydrogen (secondary N) is 1. The number of amides is 3. The van der Waals surface area contributed by atoms with Crippen molar-refractivity contribution in [3.05, 3.63) is 24.2 Å². The second-order valence-corrected chi connectivity index (χ2v) is 6.86. The Balaban J connectivity index is 2.16. The van der Waals surface area contributed by atoms with E-state index in [1.54, 1.807) is 11.8 Å². The lowest BCUT2D eigenvalue weighted by Crippen LogP contribution is -2.43. The Kier molecular flexibility index (Phi) is 4.86. The van der Waals surface area contributed by atoms with Gasteiger partial charge < -0.3 is 20.7 Å². The first-order chi connectivity index (χ1) is 11.1. The molecule has 8 nitrogen and oxygen atoms in total. The lowest BCUT2D eigenvalue weighted by atomic mass is 10.2. The summed E-state index contributed by atoms with van der Waals surface area (Å²) in [6.45, 7) is 11.6. The second-order valence-electron chi connectivity index (χ2n) is 6.86. The molecule has 2 aliphatic rings. The normalized spacial score (nSPS) is 25.1. The highest BCUT2D eigenvalue weighted by atomic mass is 16.6. The molecule has 3 N–H and O–H groups in total. The van der Waals surface area contributed by atoms with Crippen LogP contribution in [0.15, 0.2) is 29.2 Å². The third-order valence-electron chi connectivity index (χ3n) is 3.69. The van der Waals surface area contributed by atoms with Gasteiger partial charge in [-0.1, -0.05) is 6.58 Å². The summed E-state index contributed by atoms with van der Waals surface area (Å²) in [6.07, 6.45) is 1.63. The van der Waals surface area contributed by atoms with E-state index < -0.39 is 5.60 Å². The SMILES string of the molecule is C=C/N=C1\C(=C(/C)N)NC(=O)N1[C@@H]1CCN(C(=O)OC(C)(C)C)C1. The Bertz CT molecular complexity index is 614. The van der Waals surface area contributed by atoms with E-state index in [1.807, 2.05) is 20.8 Å². The molecule has 0 spiro atoms. The van der Waals surface area contributed by atoms with Crippen LogP contribution in [0.1, 0.15) is 34.1 Å². The minimum atomic E-state index is -0.553. The van der Waals surface area contributed by atoms with Gasteiger partial charge >= 0.3 is 12.1 Å². The number of carbonyl (C=O) groups excluding carboxylic acids is 2. The minimum Gasteiger partial charge on any atom is -0.444 e. The summed E-state index contributed by atoms with van der Waals surface area (Å²) < 4.78 is 5.39. The molecule has 0 radical (unpaired) electrons. The standard InChI is InChI=1S/C16H25N5O3/c1-6-18-13-12(10(2)17)19-14(22)21(13)11-7-8-20(9-11)15(23)24-16(3,4)5/h6,11H,1,7-9,17H2,2-5H3,(H,19,22)/b12-10-,18-13+/t11-/m1/s1. The fourth-order valence-electron chi connectivity index (χ4n) is 2.71. The Morgan fingerprint density at radius 3 is 2.71 bits per heavy atom. The average Bonchev–Trinajstić information content (AvgIpc) is 3.02. The second kappa shape index (κ2) is 6.54. The summed E-state index contributed by atoms with van der Waals surface area (Å²) in [5, 5.41) is 2.73. The van der Waals surface area contributed by atoms with Crippen LogP contribution in [0.2, 0.25) is 0 Å². The van der Waals surface area contributed by atoms with Gasteiger partial charge in [-0.2, -0.15) is 0 Å². The van der Waals surface area contributed by atoms with E-state index in [1.165, 1.54) is 11.1 Å². The van der Waals surface area contributed by atoms with E-state index >= 15 is 0 Å². The van der Waals surface area contributed by atoms with Crippen molar-refractivity contribution in [2.24, 2.45) is 10.7 Å². The van der Waals surface area contributed by atoms with Gasteiger partial charge in [0, 0.05) is 25.0 Å². The summed E-state index contributed by atoms with van der Waals surface area (Å²) in [6, 6.07) is -0.487. The third-order valence-corrected chi connectivity index (χ3v) is 3.69. The first kappa shape index (κ1) is 17.8. The highest BCUT2D eigenvalue weighted by Crippen LogP contribution is 2.24. The van der Waals surface area contributed by atoms with E-state index in [0.717, 1.165) is 0 Å². The van der Waals surface area contributed by atoms with E-state index in [2.05, 4.69) is 16.9 Å². The molecule has 2 aliphatic heterocycles. The average molecular weight is 335 g/mol. The van der Waals surface area contributed by atoms with Crippen LogP contribution in [0.3, 0.4) is 0 Å². The number of urea groups is 1. The van der Waals surface area contributed by atoms with Crippen LogP contribution >= 0.6 is 0 Å². The predicted molar refractivity (Wildman–Crippen MR) is 91.1 cm³/mol. The van der Waals surface area contributed by atoms with Crippen molar-refractivity contribution in [1.29, 1.82) is 0 Å². The molecule has 0 aromatic carbocycles. The lowest BCUT2D eigenvalue weighted by Gasteiger charge is -2.26. The zero-order valence-corrected chi connectivity index (χ0v) is 14.6. The van der Waals surface area contributed by atoms with Crippen molar-refractivity contribution in [3.8, 4) is 0 Å². The van der Waals surface area contributed by atoms with E-state index in [0.29, 0.717) is 36.7 Å². The Hall–Kier alpha value is -2.51. The van der Waals surface area contributed by atoms with Crippen molar-refractivity contribution >= 4 is 18.0 Å². The van der Waals surface area contributed by atoms with Crippen LogP contribution in [0.4, 0.5) is 9.59 Å². The van der Waals surface area contributed by atoms with Crippen molar-refractivity contribution < 1.29 is 14.3 Å². The van der Waals surface area contributed by atoms with Gasteiger partial charge in [0.25, 0.3) is 0 Å². The van der Waals surface area contributed by atoms with Crippen LogP contribution in [0.25, 0.3) is 0 Å². The third kappa shape index (κ3) is 3.69. The first-order valence-corrected chi connectivity index (χ1v) is 7.87. The molecule has 0 saturated carbocycles. The van der Waals surface area contributed by atoms with E-state index in [4.69, 9.17) is 10.5 Å². The lowest BCUT2D eigenvalue weighted by molar-refractivity contribution is 0.0287. The highest BCUT2D eigenvalue weighted by Gasteiger charge is 2.42. The van der Waals surface area contributed by atoms with Gasteiger partial charge in [-0.25, -0.2) is 14.6 Å². The number of carbonyl (C=O) groups is 2. The molecule has 2 saturated heterocycles. The number of likely N-dealkylation sites (tertiary alicyclic amines) is 1. The van der Waals surface area contributed by atoms with Crippen molar-refractivity contribution in [2.45, 2.75) is 45.8 Å². The van der Waals surface area contributed by atoms with Crippen LogP contribution in [0, 0.1) is 0 Å². The van der Waals surface area contributed by atoms with E-state index in [9.17, 15) is 9.59 Å². The summed E-state index contributed by atoms with van der Waals surface area (Å²) in [5.41, 5.74) is 6.22. The summed E-state index contributed by atoms with van der Waals surface area (Å²) >= 11 is 0. The number of allylic oxidation sites excluding steroid dienone is 1. The van der Waals surface area contributed by atoms with Crippen LogP contribution < -0.4 is 11.1 Å². The number of hydrogen-bond donors (Lipinski definition) is 2. The van der Waals surface area contributed by atoms with Crippen molar-refractivity contribution in [2.75, 3.05) is 13.1 Å². The van der Waals surface area contributed by atoms with Gasteiger partial charge in [0.15, 0.2) is 5.84 Å². The molecule has 2 heterocycles. The molecular formula is C16H25N5O3. The largest absolute Gasteiger partial charge is 0.444 e. The number of ether oxygens (including phenoxy) is 1. The van der Waals surface area contributed by atoms with Gasteiger partial charge in [0.1, 0.15) is 11.3 Å².